The quantitative estimate of drug-likeness (QED) is 0.609. The number of nitrogens with one attached hydrogen (secondary N) is 1. The summed E-state index contributed by atoms with van der Waals surface area (Å²) in [6.45, 7) is 7.09. The maximum Gasteiger partial charge on any atom is 0.410 e. The van der Waals surface area contributed by atoms with Crippen LogP contribution < -0.4 is 5.32 Å². The van der Waals surface area contributed by atoms with E-state index in [2.05, 4.69) is 17.5 Å². The minimum absolute atomic E-state index is 0.206. The molecular weight excluding hydrogens is 192 g/mol. The van der Waals surface area contributed by atoms with Gasteiger partial charge in [0, 0.05) is 25.2 Å². The molecule has 2 bridgehead atoms. The van der Waals surface area contributed by atoms with Gasteiger partial charge in [0.2, 0.25) is 0 Å². The smallest absolute Gasteiger partial charge is 0.410 e. The number of hydrogen-bond donors (Lipinski definition) is 1. The molecule has 4 nitrogen and oxygen atoms in total. The molecule has 1 amide bonds. The normalized spacial score (nSPS) is 29.4. The number of nitrogens with zero attached hydrogens (tertiary/aromatic N) is 1. The van der Waals surface area contributed by atoms with Crippen molar-refractivity contribution in [2.45, 2.75) is 38.5 Å². The standard InChI is InChI=1S/C11H18N2O2/c1-11(2,3)15-10(14)13-6-8-4-5-9(7-13)12-8/h4-5,8-9,12H,6-7H2,1-3H3. The largest absolute Gasteiger partial charge is 0.444 e. The molecule has 0 aromatic heterocycles. The van der Waals surface area contributed by atoms with Crippen LogP contribution in [-0.2, 0) is 4.74 Å². The first-order chi connectivity index (χ1) is 6.94. The van der Waals surface area contributed by atoms with E-state index in [-0.39, 0.29) is 6.09 Å². The monoisotopic (exact) mass is 210 g/mol. The molecule has 84 valence electrons. The molecule has 0 aromatic rings. The lowest BCUT2D eigenvalue weighted by Crippen LogP contribution is -2.54. The Bertz CT molecular complexity index is 279. The third-order valence-electron chi connectivity index (χ3n) is 2.49. The molecule has 2 unspecified atom stereocenters. The van der Waals surface area contributed by atoms with E-state index in [0.717, 1.165) is 0 Å². The van der Waals surface area contributed by atoms with Crippen LogP contribution in [0.3, 0.4) is 0 Å². The molecule has 0 aromatic carbocycles. The zero-order chi connectivity index (χ0) is 11.1. The third kappa shape index (κ3) is 2.50. The average molecular weight is 210 g/mol. The number of piperazine rings is 1. The van der Waals surface area contributed by atoms with Crippen molar-refractivity contribution in [3.8, 4) is 0 Å². The molecule has 0 saturated carbocycles. The fraction of sp³-hybridized carbons (Fsp3) is 0.727. The van der Waals surface area contributed by atoms with Crippen LogP contribution in [-0.4, -0.2) is 41.8 Å². The number of carbonyl (C=O) groups excluding carboxylic acids is 1. The predicted octanol–water partition coefficient (Wildman–Crippen LogP) is 1.13. The van der Waals surface area contributed by atoms with Crippen molar-refractivity contribution < 1.29 is 9.53 Å². The summed E-state index contributed by atoms with van der Waals surface area (Å²) < 4.78 is 5.33. The fourth-order valence-electron chi connectivity index (χ4n) is 1.91. The number of fused-ring (bicyclic) bond motifs is 2. The van der Waals surface area contributed by atoms with Crippen LogP contribution in [0.1, 0.15) is 20.8 Å². The van der Waals surface area contributed by atoms with Gasteiger partial charge in [-0.05, 0) is 20.8 Å². The first kappa shape index (κ1) is 10.5. The zero-order valence-corrected chi connectivity index (χ0v) is 9.49. The first-order valence-electron chi connectivity index (χ1n) is 5.36. The van der Waals surface area contributed by atoms with Gasteiger partial charge in [-0.1, -0.05) is 12.2 Å². The Hall–Kier alpha value is -1.03. The van der Waals surface area contributed by atoms with Crippen molar-refractivity contribution >= 4 is 6.09 Å². The van der Waals surface area contributed by atoms with E-state index in [1.807, 2.05) is 20.8 Å². The van der Waals surface area contributed by atoms with Gasteiger partial charge < -0.3 is 15.0 Å². The first-order valence-corrected chi connectivity index (χ1v) is 5.36. The summed E-state index contributed by atoms with van der Waals surface area (Å²) >= 11 is 0. The van der Waals surface area contributed by atoms with Crippen LogP contribution in [0.15, 0.2) is 12.2 Å². The molecule has 15 heavy (non-hydrogen) atoms. The number of amides is 1. The van der Waals surface area contributed by atoms with Gasteiger partial charge in [-0.2, -0.15) is 0 Å². The van der Waals surface area contributed by atoms with Crippen molar-refractivity contribution in [1.29, 1.82) is 0 Å². The van der Waals surface area contributed by atoms with Gasteiger partial charge in [-0.15, -0.1) is 0 Å². The zero-order valence-electron chi connectivity index (χ0n) is 9.49. The summed E-state index contributed by atoms with van der Waals surface area (Å²) in [6, 6.07) is 0.604. The molecule has 1 saturated heterocycles. The maximum absolute atomic E-state index is 11.8. The van der Waals surface area contributed by atoms with Crippen molar-refractivity contribution in [1.82, 2.24) is 10.2 Å². The van der Waals surface area contributed by atoms with Crippen molar-refractivity contribution in [2.75, 3.05) is 13.1 Å². The van der Waals surface area contributed by atoms with Crippen molar-refractivity contribution in [2.24, 2.45) is 0 Å². The number of rotatable bonds is 0. The highest BCUT2D eigenvalue weighted by Crippen LogP contribution is 2.16. The van der Waals surface area contributed by atoms with E-state index in [1.54, 1.807) is 4.90 Å². The van der Waals surface area contributed by atoms with Crippen LogP contribution in [0.2, 0.25) is 0 Å². The second-order valence-corrected chi connectivity index (χ2v) is 5.15. The van der Waals surface area contributed by atoms with Gasteiger partial charge in [0.1, 0.15) is 5.60 Å². The van der Waals surface area contributed by atoms with Crippen LogP contribution >= 0.6 is 0 Å². The van der Waals surface area contributed by atoms with Gasteiger partial charge in [-0.25, -0.2) is 4.79 Å². The third-order valence-corrected chi connectivity index (χ3v) is 2.49. The predicted molar refractivity (Wildman–Crippen MR) is 57.7 cm³/mol. The van der Waals surface area contributed by atoms with Crippen LogP contribution in [0.25, 0.3) is 0 Å². The number of ether oxygens (including phenoxy) is 1. The Kier molecular flexibility index (Phi) is 2.46. The van der Waals surface area contributed by atoms with E-state index in [9.17, 15) is 4.79 Å². The Morgan fingerprint density at radius 1 is 1.33 bits per heavy atom. The van der Waals surface area contributed by atoms with E-state index < -0.39 is 5.60 Å². The summed E-state index contributed by atoms with van der Waals surface area (Å²) in [5, 5.41) is 3.38. The van der Waals surface area contributed by atoms with E-state index in [1.165, 1.54) is 0 Å². The van der Waals surface area contributed by atoms with E-state index in [0.29, 0.717) is 25.2 Å². The topological polar surface area (TPSA) is 41.6 Å². The molecule has 1 N–H and O–H groups in total. The summed E-state index contributed by atoms with van der Waals surface area (Å²) in [5.74, 6) is 0. The molecule has 1 fully saturated rings. The minimum Gasteiger partial charge on any atom is -0.444 e. The van der Waals surface area contributed by atoms with Gasteiger partial charge in [-0.3, -0.25) is 0 Å². The summed E-state index contributed by atoms with van der Waals surface area (Å²) in [4.78, 5) is 13.6. The molecule has 4 heteroatoms. The fourth-order valence-corrected chi connectivity index (χ4v) is 1.91. The molecule has 2 aliphatic rings. The molecule has 2 aliphatic heterocycles. The Balaban J connectivity index is 1.93. The summed E-state index contributed by atoms with van der Waals surface area (Å²) in [6.07, 6.45) is 4.03. The molecular formula is C11H18N2O2. The van der Waals surface area contributed by atoms with Crippen LogP contribution in [0.4, 0.5) is 4.79 Å². The van der Waals surface area contributed by atoms with E-state index >= 15 is 0 Å². The van der Waals surface area contributed by atoms with Gasteiger partial charge in [0.15, 0.2) is 0 Å². The lowest BCUT2D eigenvalue weighted by atomic mass is 10.2. The van der Waals surface area contributed by atoms with Crippen LogP contribution in [0, 0.1) is 0 Å². The Labute approximate surface area is 90.3 Å². The second-order valence-electron chi connectivity index (χ2n) is 5.15. The van der Waals surface area contributed by atoms with Crippen molar-refractivity contribution in [3.05, 3.63) is 12.2 Å². The average Bonchev–Trinajstić information content (AvgIpc) is 2.42. The highest BCUT2D eigenvalue weighted by atomic mass is 16.6. The molecule has 0 aliphatic carbocycles. The number of carbonyl (C=O) groups is 1. The number of hydrogen-bond acceptors (Lipinski definition) is 3. The molecule has 0 radical (unpaired) electrons. The highest BCUT2D eigenvalue weighted by molar-refractivity contribution is 5.68. The molecule has 2 rings (SSSR count). The van der Waals surface area contributed by atoms with Gasteiger partial charge >= 0.3 is 6.09 Å². The lowest BCUT2D eigenvalue weighted by molar-refractivity contribution is 0.0197. The highest BCUT2D eigenvalue weighted by Gasteiger charge is 2.32. The SMILES string of the molecule is CC(C)(C)OC(=O)N1CC2C=CC(C1)N2. The van der Waals surface area contributed by atoms with Gasteiger partial charge in [0.25, 0.3) is 0 Å². The molecule has 2 heterocycles. The summed E-state index contributed by atoms with van der Waals surface area (Å²) in [7, 11) is 0. The molecule has 0 spiro atoms. The molecule has 2 atom stereocenters. The second kappa shape index (κ2) is 3.52. The van der Waals surface area contributed by atoms with E-state index in [4.69, 9.17) is 4.74 Å². The van der Waals surface area contributed by atoms with Crippen LogP contribution in [0.5, 0.6) is 0 Å². The Morgan fingerprint density at radius 2 is 1.87 bits per heavy atom. The lowest BCUT2D eigenvalue weighted by Gasteiger charge is -2.34. The minimum atomic E-state index is -0.408. The summed E-state index contributed by atoms with van der Waals surface area (Å²) in [5.41, 5.74) is -0.408. The van der Waals surface area contributed by atoms with Crippen molar-refractivity contribution in [3.63, 3.8) is 0 Å². The maximum atomic E-state index is 11.8. The Morgan fingerprint density at radius 3 is 2.33 bits per heavy atom. The van der Waals surface area contributed by atoms with Gasteiger partial charge in [0.05, 0.1) is 0 Å².